The van der Waals surface area contributed by atoms with Crippen LogP contribution < -0.4 is 4.90 Å². The molecule has 3 nitrogen and oxygen atoms in total. The molecule has 0 atom stereocenters. The molecule has 1 aromatic rings. The van der Waals surface area contributed by atoms with Crippen LogP contribution in [-0.2, 0) is 11.2 Å². The van der Waals surface area contributed by atoms with Crippen LogP contribution in [0.25, 0.3) is 0 Å². The molecule has 1 heterocycles. The molecule has 1 aliphatic rings. The predicted octanol–water partition coefficient (Wildman–Crippen LogP) is 2.16. The Hall–Kier alpha value is -1.42. The van der Waals surface area contributed by atoms with Crippen LogP contribution in [0.3, 0.4) is 0 Å². The average molecular weight is 256 g/mol. The van der Waals surface area contributed by atoms with E-state index in [0.717, 1.165) is 0 Å². The van der Waals surface area contributed by atoms with E-state index in [0.29, 0.717) is 24.2 Å². The zero-order valence-electron chi connectivity index (χ0n) is 9.30. The number of ketones is 1. The predicted molar refractivity (Wildman–Crippen MR) is 63.2 cm³/mol. The average Bonchev–Trinajstić information content (AvgIpc) is 2.73. The molecule has 0 N–H and O–H groups in total. The van der Waals surface area contributed by atoms with Crippen molar-refractivity contribution in [2.45, 2.75) is 13.3 Å². The van der Waals surface area contributed by atoms with Crippen LogP contribution in [0, 0.1) is 5.82 Å². The van der Waals surface area contributed by atoms with Gasteiger partial charge in [0.05, 0.1) is 11.4 Å². The molecule has 0 aromatic heterocycles. The highest BCUT2D eigenvalue weighted by Gasteiger charge is 2.27. The standard InChI is InChI=1S/C12H11ClFNO2/c1-7(16)15-5-4-8-10(15)3-2-9(12(8)14)11(17)6-13/h2-3H,4-6H2,1H3. The van der Waals surface area contributed by atoms with Crippen molar-refractivity contribution < 1.29 is 14.0 Å². The monoisotopic (exact) mass is 255 g/mol. The number of carbonyl (C=O) groups is 2. The second kappa shape index (κ2) is 4.45. The van der Waals surface area contributed by atoms with Crippen LogP contribution in [-0.4, -0.2) is 24.1 Å². The Kier molecular flexibility index (Phi) is 3.15. The summed E-state index contributed by atoms with van der Waals surface area (Å²) in [6, 6.07) is 2.99. The van der Waals surface area contributed by atoms with Gasteiger partial charge in [-0.2, -0.15) is 0 Å². The highest BCUT2D eigenvalue weighted by Crippen LogP contribution is 2.32. The van der Waals surface area contributed by atoms with Crippen molar-refractivity contribution in [3.63, 3.8) is 0 Å². The van der Waals surface area contributed by atoms with Gasteiger partial charge in [0.1, 0.15) is 5.82 Å². The van der Waals surface area contributed by atoms with Gasteiger partial charge in [0, 0.05) is 24.7 Å². The Morgan fingerprint density at radius 2 is 2.18 bits per heavy atom. The number of carbonyl (C=O) groups excluding carboxylic acids is 2. The van der Waals surface area contributed by atoms with Crippen LogP contribution in [0.4, 0.5) is 10.1 Å². The molecule has 0 spiro atoms. The third-order valence-corrected chi connectivity index (χ3v) is 3.14. The van der Waals surface area contributed by atoms with Crippen molar-refractivity contribution in [3.8, 4) is 0 Å². The number of alkyl halides is 1. The van der Waals surface area contributed by atoms with Gasteiger partial charge in [0.2, 0.25) is 5.91 Å². The summed E-state index contributed by atoms with van der Waals surface area (Å²) in [6.45, 7) is 1.89. The minimum atomic E-state index is -0.545. The van der Waals surface area contributed by atoms with Gasteiger partial charge in [-0.25, -0.2) is 4.39 Å². The zero-order chi connectivity index (χ0) is 12.6. The molecule has 17 heavy (non-hydrogen) atoms. The first-order valence-corrected chi connectivity index (χ1v) is 5.78. The smallest absolute Gasteiger partial charge is 0.223 e. The number of amides is 1. The van der Waals surface area contributed by atoms with Crippen LogP contribution in [0.1, 0.15) is 22.8 Å². The summed E-state index contributed by atoms with van der Waals surface area (Å²) in [4.78, 5) is 24.2. The molecule has 0 unspecified atom stereocenters. The van der Waals surface area contributed by atoms with Gasteiger partial charge in [-0.05, 0) is 18.6 Å². The maximum absolute atomic E-state index is 14.0. The molecule has 0 saturated heterocycles. The molecule has 1 aliphatic heterocycles. The van der Waals surface area contributed by atoms with Crippen LogP contribution in [0.15, 0.2) is 12.1 Å². The quantitative estimate of drug-likeness (QED) is 0.600. The molecule has 5 heteroatoms. The first-order chi connectivity index (χ1) is 8.06. The molecule has 0 saturated carbocycles. The Bertz CT molecular complexity index is 502. The molecule has 90 valence electrons. The van der Waals surface area contributed by atoms with Gasteiger partial charge in [0.25, 0.3) is 0 Å². The highest BCUT2D eigenvalue weighted by molar-refractivity contribution is 6.30. The van der Waals surface area contributed by atoms with E-state index < -0.39 is 11.6 Å². The fraction of sp³-hybridized carbons (Fsp3) is 0.333. The fourth-order valence-electron chi connectivity index (χ4n) is 2.06. The largest absolute Gasteiger partial charge is 0.312 e. The Morgan fingerprint density at radius 1 is 1.47 bits per heavy atom. The third kappa shape index (κ3) is 1.93. The van der Waals surface area contributed by atoms with Gasteiger partial charge < -0.3 is 4.90 Å². The number of benzene rings is 1. The molecule has 0 aliphatic carbocycles. The van der Waals surface area contributed by atoms with Crippen molar-refractivity contribution in [2.75, 3.05) is 17.3 Å². The SMILES string of the molecule is CC(=O)N1CCc2c1ccc(C(=O)CCl)c2F. The molecule has 2 rings (SSSR count). The Balaban J connectivity index is 2.49. The van der Waals surface area contributed by atoms with E-state index in [1.165, 1.54) is 17.9 Å². The number of rotatable bonds is 2. The third-order valence-electron chi connectivity index (χ3n) is 2.90. The lowest BCUT2D eigenvalue weighted by Crippen LogP contribution is -2.25. The number of anilines is 1. The van der Waals surface area contributed by atoms with Gasteiger partial charge in [-0.15, -0.1) is 11.6 Å². The van der Waals surface area contributed by atoms with Crippen molar-refractivity contribution in [1.82, 2.24) is 0 Å². The van der Waals surface area contributed by atoms with E-state index >= 15 is 0 Å². The van der Waals surface area contributed by atoms with E-state index in [-0.39, 0.29) is 17.4 Å². The summed E-state index contributed by atoms with van der Waals surface area (Å²) in [5, 5.41) is 0. The number of halogens is 2. The summed E-state index contributed by atoms with van der Waals surface area (Å²) in [6.07, 6.45) is 0.435. The first kappa shape index (κ1) is 12.0. The van der Waals surface area contributed by atoms with E-state index in [1.807, 2.05) is 0 Å². The summed E-state index contributed by atoms with van der Waals surface area (Å²) in [5.74, 6) is -1.35. The molecule has 1 amide bonds. The Labute approximate surface area is 103 Å². The first-order valence-electron chi connectivity index (χ1n) is 5.25. The molecule has 0 fully saturated rings. The van der Waals surface area contributed by atoms with Crippen LogP contribution in [0.5, 0.6) is 0 Å². The summed E-state index contributed by atoms with van der Waals surface area (Å²) in [5.41, 5.74) is 0.987. The molecule has 0 radical (unpaired) electrons. The highest BCUT2D eigenvalue weighted by atomic mass is 35.5. The van der Waals surface area contributed by atoms with Crippen molar-refractivity contribution in [1.29, 1.82) is 0 Å². The molecule has 1 aromatic carbocycles. The minimum absolute atomic E-state index is 0.00384. The maximum Gasteiger partial charge on any atom is 0.223 e. The van der Waals surface area contributed by atoms with Crippen LogP contribution in [0.2, 0.25) is 0 Å². The fourth-order valence-corrected chi connectivity index (χ4v) is 2.20. The molecular weight excluding hydrogens is 245 g/mol. The number of hydrogen-bond donors (Lipinski definition) is 0. The topological polar surface area (TPSA) is 37.4 Å². The van der Waals surface area contributed by atoms with Crippen molar-refractivity contribution in [3.05, 3.63) is 29.1 Å². The number of Topliss-reactive ketones (excluding diaryl/α,β-unsaturated/α-hetero) is 1. The van der Waals surface area contributed by atoms with E-state index in [2.05, 4.69) is 0 Å². The summed E-state index contributed by atoms with van der Waals surface area (Å²) in [7, 11) is 0. The maximum atomic E-state index is 14.0. The van der Waals surface area contributed by atoms with E-state index in [1.54, 1.807) is 6.07 Å². The van der Waals surface area contributed by atoms with Gasteiger partial charge in [0.15, 0.2) is 5.78 Å². The lowest BCUT2D eigenvalue weighted by molar-refractivity contribution is -0.116. The summed E-state index contributed by atoms with van der Waals surface area (Å²) < 4.78 is 14.0. The van der Waals surface area contributed by atoms with Gasteiger partial charge in [-0.1, -0.05) is 0 Å². The lowest BCUT2D eigenvalue weighted by atomic mass is 10.0. The second-order valence-corrected chi connectivity index (χ2v) is 4.17. The Morgan fingerprint density at radius 3 is 2.76 bits per heavy atom. The number of fused-ring (bicyclic) bond motifs is 1. The van der Waals surface area contributed by atoms with Crippen LogP contribution >= 0.6 is 11.6 Å². The second-order valence-electron chi connectivity index (χ2n) is 3.90. The number of nitrogens with zero attached hydrogens (tertiary/aromatic N) is 1. The minimum Gasteiger partial charge on any atom is -0.312 e. The zero-order valence-corrected chi connectivity index (χ0v) is 10.1. The van der Waals surface area contributed by atoms with Gasteiger partial charge in [-0.3, -0.25) is 9.59 Å². The van der Waals surface area contributed by atoms with E-state index in [9.17, 15) is 14.0 Å². The molecular formula is C12H11ClFNO2. The van der Waals surface area contributed by atoms with E-state index in [4.69, 9.17) is 11.6 Å². The lowest BCUT2D eigenvalue weighted by Gasteiger charge is -2.15. The van der Waals surface area contributed by atoms with Gasteiger partial charge >= 0.3 is 0 Å². The normalized spacial score (nSPS) is 13.7. The molecule has 0 bridgehead atoms. The van der Waals surface area contributed by atoms with Crippen molar-refractivity contribution >= 4 is 29.0 Å². The number of hydrogen-bond acceptors (Lipinski definition) is 2. The summed E-state index contributed by atoms with van der Waals surface area (Å²) >= 11 is 5.41. The van der Waals surface area contributed by atoms with Crippen molar-refractivity contribution in [2.24, 2.45) is 0 Å².